The number of nitrogens with one attached hydrogen (secondary N) is 3. The van der Waals surface area contributed by atoms with Gasteiger partial charge < -0.3 is 30.7 Å². The number of likely N-dealkylation sites (N-methyl/N-ethyl adjacent to an activating group) is 1. The van der Waals surface area contributed by atoms with Gasteiger partial charge in [0.05, 0.1) is 29.1 Å². The molecule has 13 heteroatoms. The number of fused-ring (bicyclic) bond motifs is 3. The molecule has 5 aliphatic heterocycles. The maximum Gasteiger partial charge on any atom is 0.268 e. The SMILES string of the molecule is C=C1CCC(c2nn(C)c3cc(C4CCN(C(C)C5CCN(c6ncc(Cl)c(Nc7ccc8c(c7)C7=C(CCC(F)(F)C(C9CC9)N7)C(=C)N8C)n6)CC5)CC4)ccc23)C(=C)N1. The molecule has 1 aliphatic carbocycles. The van der Waals surface area contributed by atoms with Gasteiger partial charge in [-0.3, -0.25) is 4.68 Å². The van der Waals surface area contributed by atoms with Gasteiger partial charge in [0.1, 0.15) is 5.02 Å². The molecule has 2 aromatic heterocycles. The van der Waals surface area contributed by atoms with E-state index in [-0.39, 0.29) is 24.7 Å². The third-order valence-electron chi connectivity index (χ3n) is 15.0. The molecular weight excluding hydrogens is 802 g/mol. The number of benzene rings is 2. The van der Waals surface area contributed by atoms with E-state index in [0.29, 0.717) is 34.7 Å². The molecule has 0 amide bonds. The van der Waals surface area contributed by atoms with Crippen molar-refractivity contribution in [3.05, 3.63) is 107 Å². The molecule has 3 unspecified atom stereocenters. The van der Waals surface area contributed by atoms with Crippen LogP contribution in [0.3, 0.4) is 0 Å². The van der Waals surface area contributed by atoms with Crippen molar-refractivity contribution in [1.82, 2.24) is 35.3 Å². The monoisotopic (exact) mass is 860 g/mol. The molecule has 0 bridgehead atoms. The Morgan fingerprint density at radius 2 is 1.71 bits per heavy atom. The first-order chi connectivity index (χ1) is 29.8. The molecule has 1 saturated carbocycles. The van der Waals surface area contributed by atoms with Crippen LogP contribution < -0.4 is 25.8 Å². The largest absolute Gasteiger partial charge is 0.375 e. The zero-order chi connectivity index (χ0) is 43.0. The minimum absolute atomic E-state index is 0.0124. The van der Waals surface area contributed by atoms with Crippen molar-refractivity contribution in [3.63, 3.8) is 0 Å². The highest BCUT2D eigenvalue weighted by atomic mass is 35.5. The maximum atomic E-state index is 15.4. The molecule has 2 aromatic carbocycles. The number of aromatic nitrogens is 4. The van der Waals surface area contributed by atoms with Crippen LogP contribution in [0.1, 0.15) is 99.8 Å². The first-order valence-corrected chi connectivity index (χ1v) is 23.0. The second-order valence-corrected chi connectivity index (χ2v) is 19.2. The lowest BCUT2D eigenvalue weighted by molar-refractivity contribution is -0.0441. The van der Waals surface area contributed by atoms with Crippen molar-refractivity contribution >= 4 is 51.3 Å². The Balaban J connectivity index is 0.766. The summed E-state index contributed by atoms with van der Waals surface area (Å²) in [6.45, 7) is 19.1. The summed E-state index contributed by atoms with van der Waals surface area (Å²) in [4.78, 5) is 16.6. The fraction of sp³-hybridized carbons (Fsp3) is 0.490. The number of likely N-dealkylation sites (tertiary alicyclic amines) is 1. The third kappa shape index (κ3) is 7.54. The van der Waals surface area contributed by atoms with Gasteiger partial charge in [0, 0.05) is 85.0 Å². The normalized spacial score (nSPS) is 24.4. The van der Waals surface area contributed by atoms with E-state index in [0.717, 1.165) is 129 Å². The van der Waals surface area contributed by atoms with Gasteiger partial charge in [0.15, 0.2) is 5.82 Å². The molecule has 10 nitrogen and oxygen atoms in total. The Hall–Kier alpha value is -4.94. The summed E-state index contributed by atoms with van der Waals surface area (Å²) in [6.07, 6.45) is 9.80. The number of piperidine rings is 3. The average molecular weight is 862 g/mol. The maximum absolute atomic E-state index is 15.4. The fourth-order valence-corrected chi connectivity index (χ4v) is 11.2. The van der Waals surface area contributed by atoms with E-state index >= 15 is 8.78 Å². The van der Waals surface area contributed by atoms with Crippen molar-refractivity contribution in [2.75, 3.05) is 48.3 Å². The van der Waals surface area contributed by atoms with Crippen molar-refractivity contribution in [2.45, 2.75) is 101 Å². The number of anilines is 4. The van der Waals surface area contributed by atoms with Gasteiger partial charge in [-0.15, -0.1) is 0 Å². The number of hydrogen-bond donors (Lipinski definition) is 3. The van der Waals surface area contributed by atoms with Gasteiger partial charge in [0.2, 0.25) is 5.95 Å². The van der Waals surface area contributed by atoms with Crippen LogP contribution in [-0.4, -0.2) is 75.9 Å². The number of aryl methyl sites for hydroxylation is 1. The van der Waals surface area contributed by atoms with Gasteiger partial charge in [-0.05, 0) is 131 Å². The molecule has 3 saturated heterocycles. The van der Waals surface area contributed by atoms with Crippen LogP contribution in [0.4, 0.5) is 31.9 Å². The van der Waals surface area contributed by atoms with Gasteiger partial charge in [-0.1, -0.05) is 43.5 Å². The van der Waals surface area contributed by atoms with Crippen molar-refractivity contribution < 1.29 is 8.78 Å². The van der Waals surface area contributed by atoms with E-state index < -0.39 is 12.0 Å². The van der Waals surface area contributed by atoms with E-state index in [1.165, 1.54) is 16.5 Å². The van der Waals surface area contributed by atoms with E-state index in [2.05, 4.69) is 82.6 Å². The average Bonchev–Trinajstić information content (AvgIpc) is 4.08. The molecule has 6 aliphatic rings. The Bertz CT molecular complexity index is 2470. The summed E-state index contributed by atoms with van der Waals surface area (Å²) in [5, 5.41) is 16.8. The van der Waals surface area contributed by atoms with Crippen LogP contribution in [0.5, 0.6) is 0 Å². The van der Waals surface area contributed by atoms with Crippen molar-refractivity contribution in [2.24, 2.45) is 18.9 Å². The second-order valence-electron chi connectivity index (χ2n) is 18.8. The van der Waals surface area contributed by atoms with Gasteiger partial charge in [-0.25, -0.2) is 13.8 Å². The number of hydrogen-bond acceptors (Lipinski definition) is 9. The summed E-state index contributed by atoms with van der Waals surface area (Å²) >= 11 is 6.72. The first kappa shape index (κ1) is 41.1. The van der Waals surface area contributed by atoms with Gasteiger partial charge in [0.25, 0.3) is 5.92 Å². The molecule has 0 spiro atoms. The molecule has 4 aromatic rings. The Kier molecular flexibility index (Phi) is 10.6. The van der Waals surface area contributed by atoms with Crippen LogP contribution in [0.15, 0.2) is 85.0 Å². The van der Waals surface area contributed by atoms with Crippen LogP contribution in [0.2, 0.25) is 5.02 Å². The molecular formula is C49H59ClF2N10. The van der Waals surface area contributed by atoms with Gasteiger partial charge in [-0.2, -0.15) is 10.1 Å². The molecule has 10 rings (SSSR count). The first-order valence-electron chi connectivity index (χ1n) is 22.7. The lowest BCUT2D eigenvalue weighted by Gasteiger charge is -2.42. The summed E-state index contributed by atoms with van der Waals surface area (Å²) in [7, 11) is 4.01. The third-order valence-corrected chi connectivity index (χ3v) is 15.3. The van der Waals surface area contributed by atoms with Crippen LogP contribution in [-0.2, 0) is 7.05 Å². The highest BCUT2D eigenvalue weighted by Crippen LogP contribution is 2.49. The van der Waals surface area contributed by atoms with E-state index in [9.17, 15) is 0 Å². The van der Waals surface area contributed by atoms with E-state index in [4.69, 9.17) is 21.7 Å². The van der Waals surface area contributed by atoms with E-state index in [1.54, 1.807) is 6.20 Å². The molecule has 7 heterocycles. The Labute approximate surface area is 369 Å². The lowest BCUT2D eigenvalue weighted by atomic mass is 9.84. The summed E-state index contributed by atoms with van der Waals surface area (Å²) < 4.78 is 32.8. The standard InChI is InChI=1S/C49H59ClF2N10/c1-28-7-12-37(29(2)54-28)45-39-13-10-35(25-43(39)60(6)58-45)33-18-21-61(22-19-33)30(3)32-16-23-62(24-17-32)48-53-27-41(50)47(57-48)55-36-11-14-42-40(26-36)44-38(31(4)59(42)5)15-20-49(51,52)46(56-44)34-8-9-34/h10-11,13-14,25-27,30,32-34,37,46,54,56H,1-2,4,7-9,12,15-24H2,3,5-6H3,(H,53,55,57). The van der Waals surface area contributed by atoms with Crippen LogP contribution >= 0.6 is 11.6 Å². The zero-order valence-corrected chi connectivity index (χ0v) is 37.0. The zero-order valence-electron chi connectivity index (χ0n) is 36.3. The minimum Gasteiger partial charge on any atom is -0.375 e. The number of rotatable bonds is 8. The predicted molar refractivity (Wildman–Crippen MR) is 247 cm³/mol. The Morgan fingerprint density at radius 3 is 2.45 bits per heavy atom. The quantitative estimate of drug-likeness (QED) is 0.160. The summed E-state index contributed by atoms with van der Waals surface area (Å²) in [5.41, 5.74) is 10.7. The van der Waals surface area contributed by atoms with Gasteiger partial charge >= 0.3 is 0 Å². The molecule has 62 heavy (non-hydrogen) atoms. The lowest BCUT2D eigenvalue weighted by Crippen LogP contribution is -2.47. The number of alkyl halides is 2. The van der Waals surface area contributed by atoms with Crippen molar-refractivity contribution in [1.29, 1.82) is 0 Å². The minimum atomic E-state index is -2.79. The predicted octanol–water partition coefficient (Wildman–Crippen LogP) is 10.2. The molecule has 326 valence electrons. The number of allylic oxidation sites excluding steroid dienone is 3. The topological polar surface area (TPSA) is 89.4 Å². The number of halogens is 3. The highest BCUT2D eigenvalue weighted by molar-refractivity contribution is 6.32. The number of nitrogens with zero attached hydrogens (tertiary/aromatic N) is 7. The summed E-state index contributed by atoms with van der Waals surface area (Å²) in [5.74, 6) is -0.276. The smallest absolute Gasteiger partial charge is 0.268 e. The van der Waals surface area contributed by atoms with E-state index in [1.807, 2.05) is 34.8 Å². The molecule has 3 N–H and O–H groups in total. The summed E-state index contributed by atoms with van der Waals surface area (Å²) in [6, 6.07) is 12.6. The molecule has 0 radical (unpaired) electrons. The highest BCUT2D eigenvalue weighted by Gasteiger charge is 2.50. The van der Waals surface area contributed by atoms with Crippen LogP contribution in [0, 0.1) is 11.8 Å². The van der Waals surface area contributed by atoms with Crippen molar-refractivity contribution in [3.8, 4) is 0 Å². The molecule has 3 atom stereocenters. The fourth-order valence-electron chi connectivity index (χ4n) is 11.0. The Morgan fingerprint density at radius 1 is 0.935 bits per heavy atom. The second kappa shape index (κ2) is 16.0. The van der Waals surface area contributed by atoms with Crippen LogP contribution in [0.25, 0.3) is 16.6 Å². The molecule has 4 fully saturated rings.